The van der Waals surface area contributed by atoms with Crippen molar-refractivity contribution in [2.24, 2.45) is 0 Å². The zero-order valence-electron chi connectivity index (χ0n) is 22.6. The Morgan fingerprint density at radius 2 is 1.59 bits per heavy atom. The van der Waals surface area contributed by atoms with Gasteiger partial charge < -0.3 is 13.8 Å². The van der Waals surface area contributed by atoms with Gasteiger partial charge >= 0.3 is 22.2 Å². The van der Waals surface area contributed by atoms with Crippen LogP contribution in [0.25, 0.3) is 0 Å². The number of nitrogens with zero attached hydrogens (tertiary/aromatic N) is 2. The van der Waals surface area contributed by atoms with Crippen LogP contribution in [0.5, 0.6) is 11.5 Å². The van der Waals surface area contributed by atoms with E-state index in [0.717, 1.165) is 35.7 Å². The molecule has 2 aliphatic heterocycles. The van der Waals surface area contributed by atoms with E-state index in [1.807, 2.05) is 13.0 Å². The van der Waals surface area contributed by atoms with Crippen molar-refractivity contribution in [1.29, 1.82) is 0 Å². The van der Waals surface area contributed by atoms with Gasteiger partial charge in [0.15, 0.2) is 0 Å². The summed E-state index contributed by atoms with van der Waals surface area (Å²) in [4.78, 5) is 15.6. The minimum atomic E-state index is -5.04. The van der Waals surface area contributed by atoms with Crippen LogP contribution in [0.4, 0.5) is 13.2 Å². The zero-order chi connectivity index (χ0) is 29.2. The normalized spacial score (nSPS) is 17.8. The molecule has 3 aromatic carbocycles. The first-order valence-electron chi connectivity index (χ1n) is 13.5. The molecule has 0 spiro atoms. The van der Waals surface area contributed by atoms with Crippen molar-refractivity contribution in [2.75, 3.05) is 32.8 Å². The van der Waals surface area contributed by atoms with E-state index in [4.69, 9.17) is 8.92 Å². The number of rotatable bonds is 8. The Morgan fingerprint density at radius 1 is 0.927 bits per heavy atom. The number of aryl methyl sites for hydroxylation is 1. The lowest BCUT2D eigenvalue weighted by atomic mass is 9.88. The predicted molar refractivity (Wildman–Crippen MR) is 146 cm³/mol. The topological polar surface area (TPSA) is 76.2 Å². The zero-order valence-corrected chi connectivity index (χ0v) is 23.4. The highest BCUT2D eigenvalue weighted by Crippen LogP contribution is 2.39. The van der Waals surface area contributed by atoms with Crippen LogP contribution in [0.15, 0.2) is 71.6 Å². The average Bonchev–Trinajstić information content (AvgIpc) is 3.46. The summed E-state index contributed by atoms with van der Waals surface area (Å²) in [6.07, 6.45) is -2.43. The molecule has 2 aliphatic rings. The predicted octanol–water partition coefficient (Wildman–Crippen LogP) is 5.27. The van der Waals surface area contributed by atoms with Gasteiger partial charge in [-0.15, -0.1) is 0 Å². The number of alkyl halides is 3. The molecule has 2 heterocycles. The Labute approximate surface area is 237 Å². The van der Waals surface area contributed by atoms with Gasteiger partial charge in [0.05, 0.1) is 6.04 Å². The number of likely N-dealkylation sites (tertiary alicyclic amines) is 1. The van der Waals surface area contributed by atoms with Crippen molar-refractivity contribution < 1.29 is 35.3 Å². The average molecular weight is 589 g/mol. The Bertz CT molecular complexity index is 1490. The number of carbonyl (C=O) groups excluding carboxylic acids is 1. The first-order chi connectivity index (χ1) is 19.5. The monoisotopic (exact) mass is 588 g/mol. The molecule has 5 rings (SSSR count). The molecular weight excluding hydrogens is 557 g/mol. The molecule has 41 heavy (non-hydrogen) atoms. The fourth-order valence-electron chi connectivity index (χ4n) is 5.32. The van der Waals surface area contributed by atoms with E-state index < -0.39 is 28.2 Å². The van der Waals surface area contributed by atoms with Gasteiger partial charge in [0.2, 0.25) is 0 Å². The number of ether oxygens (including phenoxy) is 1. The maximum absolute atomic E-state index is 13.6. The number of halogens is 3. The smallest absolute Gasteiger partial charge is 0.471 e. The summed E-state index contributed by atoms with van der Waals surface area (Å²) in [6.45, 7) is 5.12. The van der Waals surface area contributed by atoms with E-state index in [-0.39, 0.29) is 23.6 Å². The maximum Gasteiger partial charge on any atom is 0.471 e. The third-order valence-corrected chi connectivity index (χ3v) is 8.69. The third-order valence-electron chi connectivity index (χ3n) is 7.43. The number of hydrogen-bond acceptors (Lipinski definition) is 6. The molecule has 0 saturated carbocycles. The fraction of sp³-hybridized carbons (Fsp3) is 0.367. The van der Waals surface area contributed by atoms with Crippen molar-refractivity contribution >= 4 is 16.0 Å². The maximum atomic E-state index is 13.6. The fourth-order valence-corrected chi connectivity index (χ4v) is 6.25. The van der Waals surface area contributed by atoms with Crippen LogP contribution in [-0.4, -0.2) is 63.1 Å². The highest BCUT2D eigenvalue weighted by atomic mass is 32.2. The SMILES string of the molecule is Cc1ccc(S(=O)(=O)Oc2ccc(C3c4ccc(OCCN5CCCC5)cc4CCN3C(=O)C(F)(F)F)cc2)cc1. The third kappa shape index (κ3) is 6.68. The van der Waals surface area contributed by atoms with Crippen LogP contribution in [0.1, 0.15) is 41.1 Å². The summed E-state index contributed by atoms with van der Waals surface area (Å²) >= 11 is 0. The van der Waals surface area contributed by atoms with Gasteiger partial charge in [-0.1, -0.05) is 35.9 Å². The molecule has 0 radical (unpaired) electrons. The number of benzene rings is 3. The molecule has 1 unspecified atom stereocenters. The Hall–Kier alpha value is -3.57. The summed E-state index contributed by atoms with van der Waals surface area (Å²) in [5.41, 5.74) is 2.63. The van der Waals surface area contributed by atoms with E-state index >= 15 is 0 Å². The van der Waals surface area contributed by atoms with E-state index in [2.05, 4.69) is 4.90 Å². The second-order valence-electron chi connectivity index (χ2n) is 10.3. The van der Waals surface area contributed by atoms with Crippen molar-refractivity contribution in [3.8, 4) is 11.5 Å². The van der Waals surface area contributed by atoms with Crippen molar-refractivity contribution in [1.82, 2.24) is 9.80 Å². The quantitative estimate of drug-likeness (QED) is 0.334. The molecule has 218 valence electrons. The largest absolute Gasteiger partial charge is 0.492 e. The van der Waals surface area contributed by atoms with Gasteiger partial charge in [0, 0.05) is 13.1 Å². The van der Waals surface area contributed by atoms with Gasteiger partial charge in [-0.2, -0.15) is 21.6 Å². The molecular formula is C30H31F3N2O5S. The van der Waals surface area contributed by atoms with Gasteiger partial charge in [-0.05, 0) is 92.4 Å². The minimum absolute atomic E-state index is 0.000746. The molecule has 1 atom stereocenters. The molecule has 0 aromatic heterocycles. The van der Waals surface area contributed by atoms with E-state index in [1.165, 1.54) is 49.2 Å². The second-order valence-corrected chi connectivity index (χ2v) is 11.9. The number of hydrogen-bond donors (Lipinski definition) is 0. The second kappa shape index (κ2) is 11.7. The summed E-state index contributed by atoms with van der Waals surface area (Å²) < 4.78 is 77.2. The highest BCUT2D eigenvalue weighted by molar-refractivity contribution is 7.87. The van der Waals surface area contributed by atoms with Crippen LogP contribution < -0.4 is 8.92 Å². The Morgan fingerprint density at radius 3 is 2.24 bits per heavy atom. The first kappa shape index (κ1) is 28.9. The van der Waals surface area contributed by atoms with Crippen molar-refractivity contribution in [3.63, 3.8) is 0 Å². The van der Waals surface area contributed by atoms with Gasteiger partial charge in [-0.25, -0.2) is 0 Å². The summed E-state index contributed by atoms with van der Waals surface area (Å²) in [5, 5.41) is 0. The molecule has 1 saturated heterocycles. The Balaban J connectivity index is 1.39. The van der Waals surface area contributed by atoms with Crippen LogP contribution in [0.2, 0.25) is 0 Å². The lowest BCUT2D eigenvalue weighted by molar-refractivity contribution is -0.187. The van der Waals surface area contributed by atoms with Crippen molar-refractivity contribution in [2.45, 2.75) is 43.3 Å². The number of carbonyl (C=O) groups is 1. The Kier molecular flexibility index (Phi) is 8.28. The van der Waals surface area contributed by atoms with Crippen LogP contribution in [0, 0.1) is 6.92 Å². The van der Waals surface area contributed by atoms with Gasteiger partial charge in [0.25, 0.3) is 0 Å². The lowest BCUT2D eigenvalue weighted by Crippen LogP contribution is -2.46. The molecule has 0 N–H and O–H groups in total. The molecule has 7 nitrogen and oxygen atoms in total. The molecule has 1 fully saturated rings. The van der Waals surface area contributed by atoms with E-state index in [1.54, 1.807) is 24.3 Å². The highest BCUT2D eigenvalue weighted by Gasteiger charge is 2.46. The standard InChI is InChI=1S/C30H31F3N2O5S/c1-21-4-11-26(12-5-21)41(37,38)40-24-8-6-22(7-9-24)28-27-13-10-25(39-19-18-34-15-2-3-16-34)20-23(27)14-17-35(28)29(36)30(31,32)33/h4-13,20,28H,2-3,14-19H2,1H3. The summed E-state index contributed by atoms with van der Waals surface area (Å²) in [7, 11) is -4.11. The molecule has 1 amide bonds. The van der Waals surface area contributed by atoms with Crippen LogP contribution >= 0.6 is 0 Å². The molecule has 3 aromatic rings. The lowest BCUT2D eigenvalue weighted by Gasteiger charge is -2.38. The van der Waals surface area contributed by atoms with Crippen LogP contribution in [-0.2, 0) is 21.3 Å². The van der Waals surface area contributed by atoms with Crippen LogP contribution in [0.3, 0.4) is 0 Å². The number of fused-ring (bicyclic) bond motifs is 1. The van der Waals surface area contributed by atoms with E-state index in [0.29, 0.717) is 23.5 Å². The molecule has 0 bridgehead atoms. The summed E-state index contributed by atoms with van der Waals surface area (Å²) in [5.74, 6) is -1.30. The minimum Gasteiger partial charge on any atom is -0.492 e. The van der Waals surface area contributed by atoms with Crippen molar-refractivity contribution in [3.05, 3.63) is 89.0 Å². The first-order valence-corrected chi connectivity index (χ1v) is 14.9. The molecule has 0 aliphatic carbocycles. The van der Waals surface area contributed by atoms with E-state index in [9.17, 15) is 26.4 Å². The summed E-state index contributed by atoms with van der Waals surface area (Å²) in [6, 6.07) is 16.1. The number of amides is 1. The van der Waals surface area contributed by atoms with Gasteiger partial charge in [0.1, 0.15) is 23.0 Å². The van der Waals surface area contributed by atoms with Gasteiger partial charge in [-0.3, -0.25) is 9.69 Å². The molecule has 11 heteroatoms.